The van der Waals surface area contributed by atoms with Crippen molar-refractivity contribution >= 4 is 5.97 Å². The predicted octanol–water partition coefficient (Wildman–Crippen LogP) is 4.41. The normalized spacial score (nSPS) is 12.5. The molecule has 0 aromatic rings. The van der Waals surface area contributed by atoms with Crippen LogP contribution in [0.25, 0.3) is 0 Å². The topological polar surface area (TPSA) is 26.3 Å². The molecule has 2 nitrogen and oxygen atoms in total. The van der Waals surface area contributed by atoms with Crippen LogP contribution in [0, 0.1) is 0 Å². The Morgan fingerprint density at radius 3 is 2.41 bits per heavy atom. The minimum atomic E-state index is -0.411. The Kier molecular flexibility index (Phi) is 8.47. The van der Waals surface area contributed by atoms with Crippen molar-refractivity contribution in [3.05, 3.63) is 24.3 Å². The lowest BCUT2D eigenvalue weighted by atomic mass is 10.1. The quantitative estimate of drug-likeness (QED) is 0.284. The molecule has 0 saturated heterocycles. The predicted molar refractivity (Wildman–Crippen MR) is 72.9 cm³/mol. The van der Waals surface area contributed by atoms with Gasteiger partial charge in [0.1, 0.15) is 5.60 Å². The molecule has 0 bridgehead atoms. The first-order valence-electron chi connectivity index (χ1n) is 6.52. The number of unbranched alkanes of at least 4 members (excludes halogenated alkanes) is 4. The van der Waals surface area contributed by atoms with Crippen molar-refractivity contribution in [3.63, 3.8) is 0 Å². The molecule has 0 radical (unpaired) electrons. The highest BCUT2D eigenvalue weighted by Gasteiger charge is 2.13. The highest BCUT2D eigenvalue weighted by molar-refractivity contribution is 5.82. The summed E-state index contributed by atoms with van der Waals surface area (Å²) in [6.07, 6.45) is 13.4. The second-order valence-electron chi connectivity index (χ2n) is 5.17. The first-order chi connectivity index (χ1) is 7.95. The van der Waals surface area contributed by atoms with Crippen molar-refractivity contribution < 1.29 is 9.53 Å². The Labute approximate surface area is 106 Å². The van der Waals surface area contributed by atoms with Crippen molar-refractivity contribution in [2.75, 3.05) is 0 Å². The van der Waals surface area contributed by atoms with Gasteiger partial charge in [0.2, 0.25) is 0 Å². The van der Waals surface area contributed by atoms with E-state index in [9.17, 15) is 4.79 Å². The molecule has 0 N–H and O–H groups in total. The highest BCUT2D eigenvalue weighted by atomic mass is 16.6. The van der Waals surface area contributed by atoms with Gasteiger partial charge >= 0.3 is 5.97 Å². The molecule has 2 heteroatoms. The maximum Gasteiger partial charge on any atom is 0.331 e. The molecule has 0 aliphatic carbocycles. The summed E-state index contributed by atoms with van der Waals surface area (Å²) in [4.78, 5) is 11.3. The summed E-state index contributed by atoms with van der Waals surface area (Å²) in [6, 6.07) is 0. The van der Waals surface area contributed by atoms with E-state index in [1.807, 2.05) is 26.8 Å². The third-order valence-electron chi connectivity index (χ3n) is 2.11. The third-order valence-corrected chi connectivity index (χ3v) is 2.11. The maximum absolute atomic E-state index is 11.3. The zero-order valence-electron chi connectivity index (χ0n) is 11.7. The Balaban J connectivity index is 3.65. The number of esters is 1. The van der Waals surface area contributed by atoms with Gasteiger partial charge in [-0.25, -0.2) is 4.79 Å². The summed E-state index contributed by atoms with van der Waals surface area (Å²) in [5.41, 5.74) is -0.411. The van der Waals surface area contributed by atoms with Crippen molar-refractivity contribution in [1.82, 2.24) is 0 Å². The summed E-state index contributed by atoms with van der Waals surface area (Å²) in [7, 11) is 0. The van der Waals surface area contributed by atoms with Crippen LogP contribution in [-0.2, 0) is 9.53 Å². The van der Waals surface area contributed by atoms with Crippen LogP contribution in [-0.4, -0.2) is 11.6 Å². The Bertz CT molecular complexity index is 257. The molecule has 0 aliphatic rings. The lowest BCUT2D eigenvalue weighted by Gasteiger charge is -2.17. The zero-order valence-corrected chi connectivity index (χ0v) is 11.7. The van der Waals surface area contributed by atoms with Crippen LogP contribution in [0.2, 0.25) is 0 Å². The van der Waals surface area contributed by atoms with E-state index in [4.69, 9.17) is 4.74 Å². The SMILES string of the molecule is CCCCCC/C=C/C=C/C(=O)OC(C)(C)C. The number of carbonyl (C=O) groups is 1. The fraction of sp³-hybridized carbons (Fsp3) is 0.667. The average molecular weight is 238 g/mol. The highest BCUT2D eigenvalue weighted by Crippen LogP contribution is 2.07. The summed E-state index contributed by atoms with van der Waals surface area (Å²) in [5.74, 6) is -0.284. The van der Waals surface area contributed by atoms with Gasteiger partial charge in [0.15, 0.2) is 0 Å². The second kappa shape index (κ2) is 9.03. The Hall–Kier alpha value is -1.05. The van der Waals surface area contributed by atoms with Crippen LogP contribution in [0.5, 0.6) is 0 Å². The van der Waals surface area contributed by atoms with Gasteiger partial charge < -0.3 is 4.74 Å². The van der Waals surface area contributed by atoms with Gasteiger partial charge in [-0.05, 0) is 33.6 Å². The summed E-state index contributed by atoms with van der Waals surface area (Å²) < 4.78 is 5.14. The number of carbonyl (C=O) groups excluding carboxylic acids is 1. The molecule has 0 unspecified atom stereocenters. The maximum atomic E-state index is 11.3. The molecule has 0 aromatic heterocycles. The fourth-order valence-corrected chi connectivity index (χ4v) is 1.33. The van der Waals surface area contributed by atoms with Gasteiger partial charge in [-0.1, -0.05) is 44.4 Å². The smallest absolute Gasteiger partial charge is 0.331 e. The number of ether oxygens (including phenoxy) is 1. The molecular formula is C15H26O2. The van der Waals surface area contributed by atoms with Crippen LogP contribution in [0.15, 0.2) is 24.3 Å². The third kappa shape index (κ3) is 12.9. The molecule has 98 valence electrons. The van der Waals surface area contributed by atoms with E-state index >= 15 is 0 Å². The molecule has 0 rings (SSSR count). The van der Waals surface area contributed by atoms with Crippen LogP contribution in [0.3, 0.4) is 0 Å². The number of hydrogen-bond acceptors (Lipinski definition) is 2. The van der Waals surface area contributed by atoms with Crippen LogP contribution >= 0.6 is 0 Å². The first kappa shape index (κ1) is 16.0. The molecule has 0 saturated carbocycles. The van der Waals surface area contributed by atoms with Gasteiger partial charge in [0.25, 0.3) is 0 Å². The lowest BCUT2D eigenvalue weighted by molar-refractivity contribution is -0.148. The summed E-state index contributed by atoms with van der Waals surface area (Å²) in [5, 5.41) is 0. The molecule has 0 amide bonds. The van der Waals surface area contributed by atoms with Gasteiger partial charge in [-0.15, -0.1) is 0 Å². The zero-order chi connectivity index (χ0) is 13.1. The van der Waals surface area contributed by atoms with E-state index in [0.29, 0.717) is 0 Å². The molecular weight excluding hydrogens is 212 g/mol. The molecule has 17 heavy (non-hydrogen) atoms. The lowest BCUT2D eigenvalue weighted by Crippen LogP contribution is -2.22. The standard InChI is InChI=1S/C15H26O2/c1-5-6-7-8-9-10-11-12-13-14(16)17-15(2,3)4/h10-13H,5-9H2,1-4H3/b11-10+,13-12+. The van der Waals surface area contributed by atoms with Gasteiger partial charge in [0.05, 0.1) is 0 Å². The molecule has 0 spiro atoms. The van der Waals surface area contributed by atoms with Gasteiger partial charge in [0, 0.05) is 6.08 Å². The van der Waals surface area contributed by atoms with E-state index in [0.717, 1.165) is 6.42 Å². The van der Waals surface area contributed by atoms with Crippen LogP contribution in [0.1, 0.15) is 59.8 Å². The Morgan fingerprint density at radius 1 is 1.12 bits per heavy atom. The van der Waals surface area contributed by atoms with Gasteiger partial charge in [-0.3, -0.25) is 0 Å². The van der Waals surface area contributed by atoms with Crippen LogP contribution in [0.4, 0.5) is 0 Å². The average Bonchev–Trinajstić information content (AvgIpc) is 2.19. The van der Waals surface area contributed by atoms with Crippen molar-refractivity contribution in [2.45, 2.75) is 65.4 Å². The van der Waals surface area contributed by atoms with E-state index in [2.05, 4.69) is 13.0 Å². The minimum Gasteiger partial charge on any atom is -0.457 e. The summed E-state index contributed by atoms with van der Waals surface area (Å²) >= 11 is 0. The monoisotopic (exact) mass is 238 g/mol. The van der Waals surface area contributed by atoms with Crippen molar-refractivity contribution in [3.8, 4) is 0 Å². The van der Waals surface area contributed by atoms with Crippen molar-refractivity contribution in [1.29, 1.82) is 0 Å². The van der Waals surface area contributed by atoms with E-state index < -0.39 is 5.60 Å². The van der Waals surface area contributed by atoms with Gasteiger partial charge in [-0.2, -0.15) is 0 Å². The van der Waals surface area contributed by atoms with E-state index in [-0.39, 0.29) is 5.97 Å². The van der Waals surface area contributed by atoms with Crippen LogP contribution < -0.4 is 0 Å². The molecule has 0 fully saturated rings. The molecule has 0 aliphatic heterocycles. The minimum absolute atomic E-state index is 0.284. The van der Waals surface area contributed by atoms with Crippen molar-refractivity contribution in [2.24, 2.45) is 0 Å². The molecule has 0 heterocycles. The number of allylic oxidation sites excluding steroid dienone is 3. The van der Waals surface area contributed by atoms with E-state index in [1.54, 1.807) is 6.08 Å². The fourth-order valence-electron chi connectivity index (χ4n) is 1.33. The van der Waals surface area contributed by atoms with E-state index in [1.165, 1.54) is 31.8 Å². The molecule has 0 atom stereocenters. The summed E-state index contributed by atoms with van der Waals surface area (Å²) in [6.45, 7) is 7.80. The number of hydrogen-bond donors (Lipinski definition) is 0. The second-order valence-corrected chi connectivity index (χ2v) is 5.17. The number of rotatable bonds is 7. The largest absolute Gasteiger partial charge is 0.457 e. The first-order valence-corrected chi connectivity index (χ1v) is 6.52. The Morgan fingerprint density at radius 2 is 1.82 bits per heavy atom. The molecule has 0 aromatic carbocycles.